The number of carbonyl (C=O) groups is 1. The molecule has 0 radical (unpaired) electrons. The monoisotopic (exact) mass is 273 g/mol. The van der Waals surface area contributed by atoms with Crippen molar-refractivity contribution in [3.8, 4) is 5.75 Å². The van der Waals surface area contributed by atoms with Crippen molar-refractivity contribution in [2.24, 2.45) is 0 Å². The van der Waals surface area contributed by atoms with E-state index in [2.05, 4.69) is 27.4 Å². The lowest BCUT2D eigenvalue weighted by atomic mass is 9.95. The number of amides is 1. The lowest BCUT2D eigenvalue weighted by molar-refractivity contribution is -0.108. The van der Waals surface area contributed by atoms with Crippen LogP contribution in [0, 0.1) is 13.8 Å². The summed E-state index contributed by atoms with van der Waals surface area (Å²) in [4.78, 5) is 13.3. The summed E-state index contributed by atoms with van der Waals surface area (Å²) in [6, 6.07) is 2.02. The van der Waals surface area contributed by atoms with Gasteiger partial charge in [-0.3, -0.25) is 4.79 Å². The minimum Gasteiger partial charge on any atom is -0.489 e. The molecular formula is C17H23NO2. The fraction of sp³-hybridized carbons (Fsp3) is 0.471. The maximum Gasteiger partial charge on any atom is 0.214 e. The molecule has 1 amide bonds. The van der Waals surface area contributed by atoms with E-state index in [0.717, 1.165) is 41.0 Å². The third-order valence-corrected chi connectivity index (χ3v) is 3.91. The smallest absolute Gasteiger partial charge is 0.214 e. The molecule has 0 saturated heterocycles. The van der Waals surface area contributed by atoms with E-state index in [0.29, 0.717) is 6.61 Å². The highest BCUT2D eigenvalue weighted by Gasteiger charge is 2.38. The predicted octanol–water partition coefficient (Wildman–Crippen LogP) is 3.56. The van der Waals surface area contributed by atoms with Crippen molar-refractivity contribution in [1.82, 2.24) is 0 Å². The number of rotatable bonds is 4. The molecule has 20 heavy (non-hydrogen) atoms. The number of nitrogens with zero attached hydrogens (tertiary/aromatic N) is 1. The molecule has 1 aromatic rings. The van der Waals surface area contributed by atoms with E-state index in [1.807, 2.05) is 24.8 Å². The standard InChI is InChI=1S/C17H23NO2/c1-11(2)9-20-15-7-12(3)16-14(13(15)4)8-17(5,6)18(16)10-19/h7,10H,1,8-9H2,2-6H3. The van der Waals surface area contributed by atoms with Crippen LogP contribution in [0.25, 0.3) is 0 Å². The molecule has 0 N–H and O–H groups in total. The summed E-state index contributed by atoms with van der Waals surface area (Å²) in [5, 5.41) is 0. The summed E-state index contributed by atoms with van der Waals surface area (Å²) in [5.41, 5.74) is 5.30. The van der Waals surface area contributed by atoms with Crippen LogP contribution >= 0.6 is 0 Å². The van der Waals surface area contributed by atoms with Crippen LogP contribution in [0.1, 0.15) is 37.5 Å². The zero-order valence-corrected chi connectivity index (χ0v) is 13.0. The molecule has 1 aliphatic heterocycles. The first-order valence-corrected chi connectivity index (χ1v) is 6.93. The Kier molecular flexibility index (Phi) is 3.63. The van der Waals surface area contributed by atoms with E-state index in [9.17, 15) is 4.79 Å². The number of hydrogen-bond donors (Lipinski definition) is 0. The van der Waals surface area contributed by atoms with Gasteiger partial charge in [0.25, 0.3) is 0 Å². The first-order chi connectivity index (χ1) is 9.27. The second kappa shape index (κ2) is 4.97. The predicted molar refractivity (Wildman–Crippen MR) is 82.6 cm³/mol. The quantitative estimate of drug-likeness (QED) is 0.620. The SMILES string of the molecule is C=C(C)COc1cc(C)c2c(c1C)CC(C)(C)N2C=O. The van der Waals surface area contributed by atoms with Crippen molar-refractivity contribution in [3.63, 3.8) is 0 Å². The van der Waals surface area contributed by atoms with Crippen LogP contribution in [0.5, 0.6) is 5.75 Å². The summed E-state index contributed by atoms with van der Waals surface area (Å²) in [7, 11) is 0. The Hall–Kier alpha value is -1.77. The Morgan fingerprint density at radius 1 is 1.50 bits per heavy atom. The van der Waals surface area contributed by atoms with Gasteiger partial charge in [-0.2, -0.15) is 0 Å². The van der Waals surface area contributed by atoms with Crippen LogP contribution in [-0.4, -0.2) is 18.6 Å². The van der Waals surface area contributed by atoms with Crippen LogP contribution < -0.4 is 9.64 Å². The minimum atomic E-state index is -0.174. The van der Waals surface area contributed by atoms with E-state index in [4.69, 9.17) is 4.74 Å². The Morgan fingerprint density at radius 3 is 2.70 bits per heavy atom. The van der Waals surface area contributed by atoms with Crippen LogP contribution in [0.4, 0.5) is 5.69 Å². The van der Waals surface area contributed by atoms with Gasteiger partial charge in [0.1, 0.15) is 12.4 Å². The average molecular weight is 273 g/mol. The van der Waals surface area contributed by atoms with Crippen molar-refractivity contribution < 1.29 is 9.53 Å². The molecule has 3 nitrogen and oxygen atoms in total. The number of ether oxygens (including phenoxy) is 1. The average Bonchev–Trinajstić information content (AvgIpc) is 2.63. The molecule has 1 aliphatic rings. The van der Waals surface area contributed by atoms with Gasteiger partial charge in [0.2, 0.25) is 6.41 Å². The first kappa shape index (κ1) is 14.6. The molecule has 0 unspecified atom stereocenters. The summed E-state index contributed by atoms with van der Waals surface area (Å²) in [6.07, 6.45) is 1.80. The normalized spacial score (nSPS) is 15.9. The Balaban J connectivity index is 2.49. The summed E-state index contributed by atoms with van der Waals surface area (Å²) in [6.45, 7) is 14.6. The van der Waals surface area contributed by atoms with E-state index >= 15 is 0 Å². The molecule has 0 aromatic heterocycles. The van der Waals surface area contributed by atoms with Gasteiger partial charge in [0.05, 0.1) is 5.69 Å². The second-order valence-electron chi connectivity index (χ2n) is 6.35. The van der Waals surface area contributed by atoms with Gasteiger partial charge in [-0.25, -0.2) is 0 Å². The van der Waals surface area contributed by atoms with Crippen LogP contribution in [0.2, 0.25) is 0 Å². The first-order valence-electron chi connectivity index (χ1n) is 6.93. The topological polar surface area (TPSA) is 29.5 Å². The third kappa shape index (κ3) is 2.33. The molecule has 0 fully saturated rings. The zero-order chi connectivity index (χ0) is 15.1. The van der Waals surface area contributed by atoms with Crippen LogP contribution in [-0.2, 0) is 11.2 Å². The van der Waals surface area contributed by atoms with Crippen molar-refractivity contribution in [3.05, 3.63) is 34.9 Å². The molecule has 108 valence electrons. The van der Waals surface area contributed by atoms with E-state index in [1.165, 1.54) is 5.56 Å². The number of aryl methyl sites for hydroxylation is 1. The number of fused-ring (bicyclic) bond motifs is 1. The van der Waals surface area contributed by atoms with Gasteiger partial charge in [-0.15, -0.1) is 0 Å². The third-order valence-electron chi connectivity index (χ3n) is 3.91. The van der Waals surface area contributed by atoms with Gasteiger partial charge in [-0.05, 0) is 69.4 Å². The largest absolute Gasteiger partial charge is 0.489 e. The highest BCUT2D eigenvalue weighted by molar-refractivity contribution is 5.85. The lowest BCUT2D eigenvalue weighted by Crippen LogP contribution is -2.40. The molecular weight excluding hydrogens is 250 g/mol. The molecule has 0 aliphatic carbocycles. The van der Waals surface area contributed by atoms with Gasteiger partial charge in [-0.1, -0.05) is 6.58 Å². The fourth-order valence-corrected chi connectivity index (χ4v) is 2.86. The molecule has 0 spiro atoms. The zero-order valence-electron chi connectivity index (χ0n) is 13.0. The van der Waals surface area contributed by atoms with Crippen molar-refractivity contribution >= 4 is 12.1 Å². The number of hydrogen-bond acceptors (Lipinski definition) is 2. The Labute approximate surface area is 121 Å². The van der Waals surface area contributed by atoms with Gasteiger partial charge < -0.3 is 9.64 Å². The van der Waals surface area contributed by atoms with Crippen molar-refractivity contribution in [2.75, 3.05) is 11.5 Å². The van der Waals surface area contributed by atoms with Gasteiger partial charge in [0.15, 0.2) is 0 Å². The number of benzene rings is 1. The highest BCUT2D eigenvalue weighted by atomic mass is 16.5. The Bertz CT molecular complexity index is 573. The maximum atomic E-state index is 11.4. The number of anilines is 1. The molecule has 0 bridgehead atoms. The molecule has 3 heteroatoms. The van der Waals surface area contributed by atoms with E-state index in [-0.39, 0.29) is 5.54 Å². The van der Waals surface area contributed by atoms with E-state index < -0.39 is 0 Å². The summed E-state index contributed by atoms with van der Waals surface area (Å²) >= 11 is 0. The van der Waals surface area contributed by atoms with E-state index in [1.54, 1.807) is 0 Å². The summed E-state index contributed by atoms with van der Waals surface area (Å²) in [5.74, 6) is 0.896. The summed E-state index contributed by atoms with van der Waals surface area (Å²) < 4.78 is 5.83. The Morgan fingerprint density at radius 2 is 2.15 bits per heavy atom. The number of carbonyl (C=O) groups excluding carboxylic acids is 1. The fourth-order valence-electron chi connectivity index (χ4n) is 2.86. The minimum absolute atomic E-state index is 0.174. The molecule has 0 saturated carbocycles. The van der Waals surface area contributed by atoms with Crippen molar-refractivity contribution in [1.29, 1.82) is 0 Å². The van der Waals surface area contributed by atoms with Crippen LogP contribution in [0.3, 0.4) is 0 Å². The molecule has 0 atom stereocenters. The molecule has 1 aromatic carbocycles. The maximum absolute atomic E-state index is 11.4. The highest BCUT2D eigenvalue weighted by Crippen LogP contribution is 2.44. The van der Waals surface area contributed by atoms with Gasteiger partial charge >= 0.3 is 0 Å². The lowest BCUT2D eigenvalue weighted by Gasteiger charge is -2.28. The molecule has 2 rings (SSSR count). The van der Waals surface area contributed by atoms with Crippen LogP contribution in [0.15, 0.2) is 18.2 Å². The molecule has 1 heterocycles. The van der Waals surface area contributed by atoms with Gasteiger partial charge in [0, 0.05) is 5.54 Å². The second-order valence-corrected chi connectivity index (χ2v) is 6.35. The van der Waals surface area contributed by atoms with Crippen molar-refractivity contribution in [2.45, 2.75) is 46.6 Å².